The summed E-state index contributed by atoms with van der Waals surface area (Å²) in [5, 5.41) is 3.12. The van der Waals surface area contributed by atoms with Crippen molar-refractivity contribution in [2.24, 2.45) is 0 Å². The van der Waals surface area contributed by atoms with E-state index in [1.165, 1.54) is 12.1 Å². The van der Waals surface area contributed by atoms with E-state index in [9.17, 15) is 8.42 Å². The monoisotopic (exact) mass is 315 g/mol. The highest BCUT2D eigenvalue weighted by Crippen LogP contribution is 2.23. The molecule has 1 aliphatic rings. The lowest BCUT2D eigenvalue weighted by atomic mass is 10.2. The highest BCUT2D eigenvalue weighted by atomic mass is 32.2. The maximum Gasteiger partial charge on any atom is 0.240 e. The van der Waals surface area contributed by atoms with E-state index in [1.807, 2.05) is 0 Å². The third kappa shape index (κ3) is 4.31. The number of hydrogen-bond donors (Lipinski definition) is 3. The Labute approximate surface area is 124 Å². The van der Waals surface area contributed by atoms with Gasteiger partial charge in [-0.1, -0.05) is 6.92 Å². The first-order chi connectivity index (χ1) is 10.0. The Balaban J connectivity index is 2.08. The lowest BCUT2D eigenvalue weighted by Gasteiger charge is -2.24. The SMILES string of the molecule is CCNS(=O)(=O)c1ccc(N)c(NCC2COCCO2)c1. The van der Waals surface area contributed by atoms with E-state index in [-0.39, 0.29) is 11.0 Å². The van der Waals surface area contributed by atoms with Gasteiger partial charge in [-0.25, -0.2) is 13.1 Å². The molecule has 1 heterocycles. The van der Waals surface area contributed by atoms with E-state index in [1.54, 1.807) is 13.0 Å². The molecule has 1 unspecified atom stereocenters. The van der Waals surface area contributed by atoms with Gasteiger partial charge in [-0.05, 0) is 18.2 Å². The van der Waals surface area contributed by atoms with Crippen LogP contribution in [0.25, 0.3) is 0 Å². The van der Waals surface area contributed by atoms with Crippen LogP contribution < -0.4 is 15.8 Å². The van der Waals surface area contributed by atoms with Gasteiger partial charge in [0.25, 0.3) is 0 Å². The molecule has 0 bridgehead atoms. The molecule has 118 valence electrons. The van der Waals surface area contributed by atoms with Crippen molar-refractivity contribution in [1.29, 1.82) is 0 Å². The third-order valence-corrected chi connectivity index (χ3v) is 4.62. The molecule has 1 aromatic rings. The van der Waals surface area contributed by atoms with E-state index in [2.05, 4.69) is 10.0 Å². The molecule has 0 amide bonds. The standard InChI is InChI=1S/C13H21N3O4S/c1-2-16-21(17,18)11-3-4-12(14)13(7-11)15-8-10-9-19-5-6-20-10/h3-4,7,10,15-16H,2,5-6,8-9,14H2,1H3. The first kappa shape index (κ1) is 16.0. The lowest BCUT2D eigenvalue weighted by Crippen LogP contribution is -2.34. The summed E-state index contributed by atoms with van der Waals surface area (Å²) >= 11 is 0. The van der Waals surface area contributed by atoms with Crippen molar-refractivity contribution in [3.05, 3.63) is 18.2 Å². The number of nitrogens with two attached hydrogens (primary N) is 1. The summed E-state index contributed by atoms with van der Waals surface area (Å²) in [6.45, 7) is 4.26. The molecule has 4 N–H and O–H groups in total. The number of hydrogen-bond acceptors (Lipinski definition) is 6. The fraction of sp³-hybridized carbons (Fsp3) is 0.538. The molecule has 0 aliphatic carbocycles. The molecule has 21 heavy (non-hydrogen) atoms. The van der Waals surface area contributed by atoms with Crippen LogP contribution in [-0.2, 0) is 19.5 Å². The highest BCUT2D eigenvalue weighted by Gasteiger charge is 2.17. The quantitative estimate of drug-likeness (QED) is 0.657. The van der Waals surface area contributed by atoms with Crippen LogP contribution in [0.3, 0.4) is 0 Å². The van der Waals surface area contributed by atoms with Gasteiger partial charge in [-0.2, -0.15) is 0 Å². The van der Waals surface area contributed by atoms with Crippen molar-refractivity contribution in [1.82, 2.24) is 4.72 Å². The smallest absolute Gasteiger partial charge is 0.240 e. The van der Waals surface area contributed by atoms with Gasteiger partial charge in [0, 0.05) is 13.1 Å². The molecule has 0 spiro atoms. The second-order valence-corrected chi connectivity index (χ2v) is 6.47. The van der Waals surface area contributed by atoms with Crippen molar-refractivity contribution in [2.45, 2.75) is 17.9 Å². The van der Waals surface area contributed by atoms with Crippen molar-refractivity contribution in [3.8, 4) is 0 Å². The van der Waals surface area contributed by atoms with Gasteiger partial charge in [0.05, 0.1) is 42.2 Å². The van der Waals surface area contributed by atoms with Crippen LogP contribution in [0, 0.1) is 0 Å². The predicted octanol–water partition coefficient (Wildman–Crippen LogP) is 0.394. The van der Waals surface area contributed by atoms with E-state index in [0.717, 1.165) is 0 Å². The van der Waals surface area contributed by atoms with Gasteiger partial charge >= 0.3 is 0 Å². The van der Waals surface area contributed by atoms with Crippen LogP contribution in [0.15, 0.2) is 23.1 Å². The Morgan fingerprint density at radius 1 is 1.38 bits per heavy atom. The first-order valence-corrected chi connectivity index (χ1v) is 8.33. The van der Waals surface area contributed by atoms with Crippen LogP contribution in [0.1, 0.15) is 6.92 Å². The molecular weight excluding hydrogens is 294 g/mol. The van der Waals surface area contributed by atoms with Crippen LogP contribution in [0.2, 0.25) is 0 Å². The number of nitrogen functional groups attached to an aromatic ring is 1. The van der Waals surface area contributed by atoms with Crippen molar-refractivity contribution >= 4 is 21.4 Å². The van der Waals surface area contributed by atoms with E-state index >= 15 is 0 Å². The van der Waals surface area contributed by atoms with Gasteiger partial charge < -0.3 is 20.5 Å². The van der Waals surface area contributed by atoms with E-state index < -0.39 is 10.0 Å². The van der Waals surface area contributed by atoms with Gasteiger partial charge in [0.1, 0.15) is 0 Å². The minimum absolute atomic E-state index is 0.0628. The molecule has 2 rings (SSSR count). The number of ether oxygens (including phenoxy) is 2. The Bertz CT molecular complexity index is 571. The number of rotatable bonds is 6. The number of nitrogens with one attached hydrogen (secondary N) is 2. The highest BCUT2D eigenvalue weighted by molar-refractivity contribution is 7.89. The Hall–Kier alpha value is -1.35. The zero-order valence-electron chi connectivity index (χ0n) is 12.0. The molecule has 0 saturated carbocycles. The third-order valence-electron chi connectivity index (χ3n) is 3.07. The molecule has 1 aliphatic heterocycles. The van der Waals surface area contributed by atoms with E-state index in [4.69, 9.17) is 15.2 Å². The van der Waals surface area contributed by atoms with E-state index in [0.29, 0.717) is 44.3 Å². The largest absolute Gasteiger partial charge is 0.397 e. The zero-order valence-corrected chi connectivity index (χ0v) is 12.8. The zero-order chi connectivity index (χ0) is 15.3. The molecule has 0 aromatic heterocycles. The topological polar surface area (TPSA) is 103 Å². The Morgan fingerprint density at radius 3 is 2.86 bits per heavy atom. The average molecular weight is 315 g/mol. The number of sulfonamides is 1. The van der Waals surface area contributed by atoms with Crippen molar-refractivity contribution in [3.63, 3.8) is 0 Å². The van der Waals surface area contributed by atoms with Crippen LogP contribution >= 0.6 is 0 Å². The first-order valence-electron chi connectivity index (χ1n) is 6.85. The van der Waals surface area contributed by atoms with Crippen LogP contribution in [-0.4, -0.2) is 47.4 Å². The number of benzene rings is 1. The van der Waals surface area contributed by atoms with Crippen LogP contribution in [0.5, 0.6) is 0 Å². The van der Waals surface area contributed by atoms with Gasteiger partial charge in [0.2, 0.25) is 10.0 Å². The molecule has 8 heteroatoms. The van der Waals surface area contributed by atoms with Crippen molar-refractivity contribution < 1.29 is 17.9 Å². The second kappa shape index (κ2) is 7.08. The summed E-state index contributed by atoms with van der Waals surface area (Å²) in [4.78, 5) is 0.182. The maximum absolute atomic E-state index is 12.0. The van der Waals surface area contributed by atoms with Gasteiger partial charge in [0.15, 0.2) is 0 Å². The summed E-state index contributed by atoms with van der Waals surface area (Å²) in [5.41, 5.74) is 6.93. The predicted molar refractivity (Wildman–Crippen MR) is 80.8 cm³/mol. The summed E-state index contributed by atoms with van der Waals surface area (Å²) in [6, 6.07) is 4.58. The molecule has 1 aromatic carbocycles. The average Bonchev–Trinajstić information content (AvgIpc) is 2.47. The Kier molecular flexibility index (Phi) is 5.40. The van der Waals surface area contributed by atoms with Gasteiger partial charge in [-0.15, -0.1) is 0 Å². The minimum atomic E-state index is -3.49. The van der Waals surface area contributed by atoms with Crippen molar-refractivity contribution in [2.75, 3.05) is 44.0 Å². The fourth-order valence-electron chi connectivity index (χ4n) is 2.01. The van der Waals surface area contributed by atoms with Crippen LogP contribution in [0.4, 0.5) is 11.4 Å². The number of anilines is 2. The molecule has 1 saturated heterocycles. The molecule has 0 radical (unpaired) electrons. The Morgan fingerprint density at radius 2 is 2.19 bits per heavy atom. The minimum Gasteiger partial charge on any atom is -0.397 e. The summed E-state index contributed by atoms with van der Waals surface area (Å²) in [7, 11) is -3.49. The second-order valence-electron chi connectivity index (χ2n) is 4.70. The molecule has 7 nitrogen and oxygen atoms in total. The lowest BCUT2D eigenvalue weighted by molar-refractivity contribution is -0.0818. The molecule has 1 fully saturated rings. The fourth-order valence-corrected chi connectivity index (χ4v) is 3.07. The summed E-state index contributed by atoms with van der Waals surface area (Å²) in [6.07, 6.45) is -0.0628. The molecule has 1 atom stereocenters. The van der Waals surface area contributed by atoms with Gasteiger partial charge in [-0.3, -0.25) is 0 Å². The summed E-state index contributed by atoms with van der Waals surface area (Å²) < 4.78 is 37.2. The summed E-state index contributed by atoms with van der Waals surface area (Å²) in [5.74, 6) is 0. The molecular formula is C13H21N3O4S. The maximum atomic E-state index is 12.0. The normalized spacial score (nSPS) is 19.4.